The zero-order valence-electron chi connectivity index (χ0n) is 18.3. The van der Waals surface area contributed by atoms with Gasteiger partial charge in [-0.15, -0.1) is 0 Å². The maximum absolute atomic E-state index is 13.3. The highest BCUT2D eigenvalue weighted by atomic mass is 19.4. The summed E-state index contributed by atoms with van der Waals surface area (Å²) >= 11 is 0. The number of fused-ring (bicyclic) bond motifs is 1. The Labute approximate surface area is 187 Å². The minimum absolute atomic E-state index is 0.0931. The molecule has 0 aliphatic carbocycles. The second kappa shape index (κ2) is 9.02. The first-order chi connectivity index (χ1) is 15.6. The van der Waals surface area contributed by atoms with Gasteiger partial charge in [-0.2, -0.15) is 13.2 Å². The molecular weight excluding hydrogens is 441 g/mol. The van der Waals surface area contributed by atoms with Crippen LogP contribution in [0.1, 0.15) is 53.6 Å². The number of halogens is 3. The second-order valence-corrected chi connectivity index (χ2v) is 7.97. The van der Waals surface area contributed by atoms with Crippen LogP contribution in [0.15, 0.2) is 24.7 Å². The molecule has 2 atom stereocenters. The standard InChI is InChI=1S/C21H23F3N6O3/c1-11(2)30-15-6-17(21(22,23)24)27-8-13(15)28-19(30)18(16-10-32-4-5-33-16)29-20(31)14-9-25-12(3)7-26-14/h6-9,11,16,18H,4-5,10H2,1-3H3,(H,29,31)/t16-,18-/m0/s1. The molecule has 9 nitrogen and oxygen atoms in total. The molecule has 3 aromatic heterocycles. The largest absolute Gasteiger partial charge is 0.433 e. The molecule has 12 heteroatoms. The van der Waals surface area contributed by atoms with Crippen LogP contribution in [-0.4, -0.2) is 56.3 Å². The summed E-state index contributed by atoms with van der Waals surface area (Å²) in [5.74, 6) is -0.178. The van der Waals surface area contributed by atoms with Crippen molar-refractivity contribution in [2.24, 2.45) is 0 Å². The molecule has 0 bridgehead atoms. The number of aromatic nitrogens is 5. The van der Waals surface area contributed by atoms with Gasteiger partial charge in [0.25, 0.3) is 5.91 Å². The van der Waals surface area contributed by atoms with Crippen molar-refractivity contribution in [2.45, 2.75) is 45.1 Å². The van der Waals surface area contributed by atoms with Crippen LogP contribution in [0.2, 0.25) is 0 Å². The van der Waals surface area contributed by atoms with Crippen LogP contribution < -0.4 is 5.32 Å². The molecule has 4 heterocycles. The van der Waals surface area contributed by atoms with Crippen molar-refractivity contribution in [3.8, 4) is 0 Å². The van der Waals surface area contributed by atoms with Crippen molar-refractivity contribution in [1.29, 1.82) is 0 Å². The molecule has 1 fully saturated rings. The Morgan fingerprint density at radius 2 is 1.97 bits per heavy atom. The summed E-state index contributed by atoms with van der Waals surface area (Å²) < 4.78 is 52.9. The highest BCUT2D eigenvalue weighted by Crippen LogP contribution is 2.33. The average Bonchev–Trinajstić information content (AvgIpc) is 3.16. The summed E-state index contributed by atoms with van der Waals surface area (Å²) in [7, 11) is 0. The Hall–Kier alpha value is -3.12. The molecule has 1 amide bonds. The SMILES string of the molecule is Cc1cnc(C(=O)N[C@H](c2nc3cnc(C(F)(F)F)cc3n2C(C)C)[C@@H]2COCCO2)cn1. The zero-order chi connectivity index (χ0) is 23.8. The van der Waals surface area contributed by atoms with E-state index in [1.54, 1.807) is 11.5 Å². The summed E-state index contributed by atoms with van der Waals surface area (Å²) in [6.07, 6.45) is -1.30. The van der Waals surface area contributed by atoms with E-state index in [9.17, 15) is 18.0 Å². The van der Waals surface area contributed by atoms with Crippen LogP contribution in [0.25, 0.3) is 11.0 Å². The smallest absolute Gasteiger partial charge is 0.376 e. The average molecular weight is 464 g/mol. The molecule has 1 N–H and O–H groups in total. The third kappa shape index (κ3) is 4.81. The first-order valence-electron chi connectivity index (χ1n) is 10.4. The van der Waals surface area contributed by atoms with Gasteiger partial charge in [-0.05, 0) is 26.8 Å². The van der Waals surface area contributed by atoms with Gasteiger partial charge in [0, 0.05) is 12.2 Å². The van der Waals surface area contributed by atoms with Crippen molar-refractivity contribution in [3.63, 3.8) is 0 Å². The minimum Gasteiger partial charge on any atom is -0.376 e. The number of alkyl halides is 3. The highest BCUT2D eigenvalue weighted by molar-refractivity contribution is 5.92. The molecule has 0 radical (unpaired) electrons. The molecule has 0 unspecified atom stereocenters. The van der Waals surface area contributed by atoms with Gasteiger partial charge < -0.3 is 19.4 Å². The number of pyridine rings is 1. The maximum Gasteiger partial charge on any atom is 0.433 e. The van der Waals surface area contributed by atoms with Crippen LogP contribution >= 0.6 is 0 Å². The van der Waals surface area contributed by atoms with Gasteiger partial charge in [-0.3, -0.25) is 9.78 Å². The summed E-state index contributed by atoms with van der Waals surface area (Å²) in [5, 5.41) is 2.87. The Kier molecular flexibility index (Phi) is 6.30. The van der Waals surface area contributed by atoms with Gasteiger partial charge in [0.15, 0.2) is 0 Å². The monoisotopic (exact) mass is 464 g/mol. The number of hydrogen-bond donors (Lipinski definition) is 1. The van der Waals surface area contributed by atoms with E-state index in [4.69, 9.17) is 9.47 Å². The number of imidazole rings is 1. The molecule has 33 heavy (non-hydrogen) atoms. The quantitative estimate of drug-likeness (QED) is 0.619. The highest BCUT2D eigenvalue weighted by Gasteiger charge is 2.36. The predicted octanol–water partition coefficient (Wildman–Crippen LogP) is 3.02. The lowest BCUT2D eigenvalue weighted by atomic mass is 10.1. The van der Waals surface area contributed by atoms with Gasteiger partial charge in [0.2, 0.25) is 0 Å². The van der Waals surface area contributed by atoms with Crippen LogP contribution in [0.5, 0.6) is 0 Å². The van der Waals surface area contributed by atoms with E-state index in [1.165, 1.54) is 12.4 Å². The normalized spacial score (nSPS) is 18.0. The first-order valence-corrected chi connectivity index (χ1v) is 10.4. The van der Waals surface area contributed by atoms with Crippen molar-refractivity contribution >= 4 is 16.9 Å². The zero-order valence-corrected chi connectivity index (χ0v) is 18.3. The maximum atomic E-state index is 13.3. The number of ether oxygens (including phenoxy) is 2. The molecule has 1 aliphatic heterocycles. The lowest BCUT2D eigenvalue weighted by Gasteiger charge is -2.31. The van der Waals surface area contributed by atoms with E-state index in [1.807, 2.05) is 13.8 Å². The molecule has 176 valence electrons. The van der Waals surface area contributed by atoms with E-state index >= 15 is 0 Å². The van der Waals surface area contributed by atoms with Gasteiger partial charge in [-0.25, -0.2) is 15.0 Å². The predicted molar refractivity (Wildman–Crippen MR) is 110 cm³/mol. The first kappa shape index (κ1) is 23.1. The van der Waals surface area contributed by atoms with E-state index in [0.29, 0.717) is 24.7 Å². The minimum atomic E-state index is -4.60. The Morgan fingerprint density at radius 3 is 2.58 bits per heavy atom. The van der Waals surface area contributed by atoms with E-state index in [-0.39, 0.29) is 29.4 Å². The molecule has 1 aliphatic rings. The Bertz CT molecular complexity index is 1140. The fourth-order valence-electron chi connectivity index (χ4n) is 3.68. The summed E-state index contributed by atoms with van der Waals surface area (Å²) in [4.78, 5) is 29.2. The number of nitrogens with one attached hydrogen (secondary N) is 1. The molecule has 3 aromatic rings. The van der Waals surface area contributed by atoms with Crippen molar-refractivity contribution in [1.82, 2.24) is 29.8 Å². The molecular formula is C21H23F3N6O3. The molecule has 0 saturated carbocycles. The van der Waals surface area contributed by atoms with Crippen molar-refractivity contribution < 1.29 is 27.4 Å². The topological polar surface area (TPSA) is 104 Å². The van der Waals surface area contributed by atoms with E-state index in [0.717, 1.165) is 12.3 Å². The fraction of sp³-hybridized carbons (Fsp3) is 0.476. The molecule has 4 rings (SSSR count). The third-order valence-electron chi connectivity index (χ3n) is 5.20. The second-order valence-electron chi connectivity index (χ2n) is 7.97. The van der Waals surface area contributed by atoms with Crippen LogP contribution in [0.4, 0.5) is 13.2 Å². The van der Waals surface area contributed by atoms with Gasteiger partial charge in [0.1, 0.15) is 34.9 Å². The lowest BCUT2D eigenvalue weighted by molar-refractivity contribution is -0.141. The van der Waals surface area contributed by atoms with E-state index < -0.39 is 29.9 Å². The van der Waals surface area contributed by atoms with Crippen LogP contribution in [-0.2, 0) is 15.7 Å². The Balaban J connectivity index is 1.80. The molecule has 0 aromatic carbocycles. The Morgan fingerprint density at radius 1 is 1.18 bits per heavy atom. The van der Waals surface area contributed by atoms with Gasteiger partial charge in [0.05, 0.1) is 43.4 Å². The number of rotatable bonds is 5. The fourth-order valence-corrected chi connectivity index (χ4v) is 3.68. The van der Waals surface area contributed by atoms with Crippen LogP contribution in [0, 0.1) is 6.92 Å². The summed E-state index contributed by atoms with van der Waals surface area (Å²) in [6, 6.07) is -0.115. The lowest BCUT2D eigenvalue weighted by Crippen LogP contribution is -2.44. The number of carbonyl (C=O) groups excluding carboxylic acids is 1. The number of nitrogens with zero attached hydrogens (tertiary/aromatic N) is 5. The molecule has 0 spiro atoms. The number of amides is 1. The number of hydrogen-bond acceptors (Lipinski definition) is 7. The van der Waals surface area contributed by atoms with Crippen LogP contribution in [0.3, 0.4) is 0 Å². The van der Waals surface area contributed by atoms with Crippen molar-refractivity contribution in [3.05, 3.63) is 47.6 Å². The third-order valence-corrected chi connectivity index (χ3v) is 5.20. The van der Waals surface area contributed by atoms with Crippen molar-refractivity contribution in [2.75, 3.05) is 19.8 Å². The summed E-state index contributed by atoms with van der Waals surface area (Å²) in [5.41, 5.74) is 0.264. The number of aryl methyl sites for hydroxylation is 1. The van der Waals surface area contributed by atoms with Gasteiger partial charge in [-0.1, -0.05) is 0 Å². The van der Waals surface area contributed by atoms with E-state index in [2.05, 4.69) is 25.3 Å². The van der Waals surface area contributed by atoms with Gasteiger partial charge >= 0.3 is 6.18 Å². The molecule has 1 saturated heterocycles. The summed E-state index contributed by atoms with van der Waals surface area (Å²) in [6.45, 7) is 6.28. The number of carbonyl (C=O) groups is 1.